The van der Waals surface area contributed by atoms with Gasteiger partial charge in [-0.2, -0.15) is 0 Å². The molecule has 0 aliphatic carbocycles. The summed E-state index contributed by atoms with van der Waals surface area (Å²) in [7, 11) is 0. The molecule has 0 fully saturated rings. The third-order valence-electron chi connectivity index (χ3n) is 3.99. The van der Waals surface area contributed by atoms with Crippen LogP contribution in [0.2, 0.25) is 0 Å². The molecule has 0 unspecified atom stereocenters. The lowest BCUT2D eigenvalue weighted by atomic mass is 9.87. The van der Waals surface area contributed by atoms with Crippen molar-refractivity contribution in [2.45, 2.75) is 26.7 Å². The summed E-state index contributed by atoms with van der Waals surface area (Å²) in [6, 6.07) is 21.9. The maximum atomic E-state index is 2.26. The Morgan fingerprint density at radius 3 is 2.25 bits per heavy atom. The van der Waals surface area contributed by atoms with Crippen LogP contribution in [-0.4, -0.2) is 0 Å². The van der Waals surface area contributed by atoms with Gasteiger partial charge in [0.25, 0.3) is 0 Å². The quantitative estimate of drug-likeness (QED) is 0.535. The van der Waals surface area contributed by atoms with E-state index in [1.807, 2.05) is 0 Å². The first-order valence-corrected chi connectivity index (χ1v) is 7.26. The van der Waals surface area contributed by atoms with Gasteiger partial charge in [0.05, 0.1) is 0 Å². The van der Waals surface area contributed by atoms with Crippen molar-refractivity contribution in [3.63, 3.8) is 0 Å². The normalized spacial score (nSPS) is 11.2. The van der Waals surface area contributed by atoms with Crippen LogP contribution in [0.3, 0.4) is 0 Å². The minimum absolute atomic E-state index is 0.532. The van der Waals surface area contributed by atoms with Crippen LogP contribution in [0.4, 0.5) is 0 Å². The molecule has 0 nitrogen and oxygen atoms in total. The molecule has 0 heterocycles. The topological polar surface area (TPSA) is 0 Å². The monoisotopic (exact) mass is 260 g/mol. The summed E-state index contributed by atoms with van der Waals surface area (Å²) in [6.07, 6.45) is 0. The van der Waals surface area contributed by atoms with E-state index in [1.165, 1.54) is 33.0 Å². The van der Waals surface area contributed by atoms with Crippen molar-refractivity contribution in [2.24, 2.45) is 0 Å². The molecule has 0 saturated carbocycles. The SMILES string of the molecule is Cc1ccc2ccccc2c1-c1ccccc1C(C)C. The van der Waals surface area contributed by atoms with Gasteiger partial charge in [0, 0.05) is 0 Å². The Labute approximate surface area is 121 Å². The molecule has 0 saturated heterocycles. The van der Waals surface area contributed by atoms with E-state index in [1.54, 1.807) is 0 Å². The van der Waals surface area contributed by atoms with Crippen molar-refractivity contribution in [2.75, 3.05) is 0 Å². The van der Waals surface area contributed by atoms with Crippen LogP contribution in [0.25, 0.3) is 21.9 Å². The molecule has 20 heavy (non-hydrogen) atoms. The van der Waals surface area contributed by atoms with Crippen LogP contribution >= 0.6 is 0 Å². The maximum Gasteiger partial charge on any atom is -0.00732 e. The molecule has 0 N–H and O–H groups in total. The molecule has 0 amide bonds. The van der Waals surface area contributed by atoms with E-state index in [-0.39, 0.29) is 0 Å². The van der Waals surface area contributed by atoms with Crippen LogP contribution in [0.5, 0.6) is 0 Å². The molecule has 0 aliphatic heterocycles. The van der Waals surface area contributed by atoms with Crippen LogP contribution in [0.1, 0.15) is 30.9 Å². The summed E-state index contributed by atoms with van der Waals surface area (Å²) < 4.78 is 0. The minimum atomic E-state index is 0.532. The molecular formula is C20H20. The Bertz CT molecular complexity index is 751. The van der Waals surface area contributed by atoms with E-state index < -0.39 is 0 Å². The molecular weight excluding hydrogens is 240 g/mol. The zero-order valence-electron chi connectivity index (χ0n) is 12.4. The van der Waals surface area contributed by atoms with Crippen LogP contribution in [0.15, 0.2) is 60.7 Å². The van der Waals surface area contributed by atoms with Crippen LogP contribution in [-0.2, 0) is 0 Å². The van der Waals surface area contributed by atoms with Gasteiger partial charge in [-0.1, -0.05) is 74.5 Å². The van der Waals surface area contributed by atoms with Gasteiger partial charge < -0.3 is 0 Å². The fourth-order valence-electron chi connectivity index (χ4n) is 2.97. The second kappa shape index (κ2) is 5.13. The summed E-state index contributed by atoms with van der Waals surface area (Å²) in [5.41, 5.74) is 5.52. The molecule has 0 aliphatic rings. The third-order valence-corrected chi connectivity index (χ3v) is 3.99. The highest BCUT2D eigenvalue weighted by Gasteiger charge is 2.12. The number of aryl methyl sites for hydroxylation is 1. The zero-order chi connectivity index (χ0) is 14.1. The first-order valence-electron chi connectivity index (χ1n) is 7.26. The van der Waals surface area contributed by atoms with Crippen molar-refractivity contribution in [3.8, 4) is 11.1 Å². The van der Waals surface area contributed by atoms with Crippen molar-refractivity contribution in [3.05, 3.63) is 71.8 Å². The molecule has 0 radical (unpaired) electrons. The van der Waals surface area contributed by atoms with Gasteiger partial charge in [0.2, 0.25) is 0 Å². The summed E-state index contributed by atoms with van der Waals surface area (Å²) in [5.74, 6) is 0.532. The largest absolute Gasteiger partial charge is 0.0619 e. The summed E-state index contributed by atoms with van der Waals surface area (Å²) in [5, 5.41) is 2.66. The van der Waals surface area contributed by atoms with Crippen molar-refractivity contribution >= 4 is 10.8 Å². The number of benzene rings is 3. The minimum Gasteiger partial charge on any atom is -0.0619 e. The standard InChI is InChI=1S/C20H20/c1-14(2)17-9-6-7-11-19(17)20-15(3)12-13-16-8-4-5-10-18(16)20/h4-14H,1-3H3. The number of fused-ring (bicyclic) bond motifs is 1. The Morgan fingerprint density at radius 2 is 1.45 bits per heavy atom. The zero-order valence-corrected chi connectivity index (χ0v) is 12.4. The lowest BCUT2D eigenvalue weighted by Crippen LogP contribution is -1.94. The van der Waals surface area contributed by atoms with E-state index in [0.717, 1.165) is 0 Å². The van der Waals surface area contributed by atoms with Crippen LogP contribution < -0.4 is 0 Å². The first-order chi connectivity index (χ1) is 9.68. The Kier molecular flexibility index (Phi) is 3.31. The average molecular weight is 260 g/mol. The lowest BCUT2D eigenvalue weighted by Gasteiger charge is -2.17. The Hall–Kier alpha value is -2.08. The highest BCUT2D eigenvalue weighted by atomic mass is 14.2. The van der Waals surface area contributed by atoms with Gasteiger partial charge in [-0.05, 0) is 45.9 Å². The first kappa shape index (κ1) is 12.9. The molecule has 0 bridgehead atoms. The molecule has 100 valence electrons. The number of hydrogen-bond donors (Lipinski definition) is 0. The van der Waals surface area contributed by atoms with E-state index >= 15 is 0 Å². The van der Waals surface area contributed by atoms with E-state index in [2.05, 4.69) is 81.4 Å². The highest BCUT2D eigenvalue weighted by molar-refractivity contribution is 5.99. The van der Waals surface area contributed by atoms with Crippen molar-refractivity contribution in [1.29, 1.82) is 0 Å². The third kappa shape index (κ3) is 2.12. The van der Waals surface area contributed by atoms with Gasteiger partial charge in [-0.15, -0.1) is 0 Å². The fraction of sp³-hybridized carbons (Fsp3) is 0.200. The molecule has 0 spiro atoms. The maximum absolute atomic E-state index is 2.26. The molecule has 0 aromatic heterocycles. The van der Waals surface area contributed by atoms with E-state index in [9.17, 15) is 0 Å². The molecule has 0 atom stereocenters. The van der Waals surface area contributed by atoms with Gasteiger partial charge >= 0.3 is 0 Å². The summed E-state index contributed by atoms with van der Waals surface area (Å²) >= 11 is 0. The van der Waals surface area contributed by atoms with E-state index in [4.69, 9.17) is 0 Å². The molecule has 3 aromatic carbocycles. The second-order valence-corrected chi connectivity index (χ2v) is 5.72. The lowest BCUT2D eigenvalue weighted by molar-refractivity contribution is 0.869. The van der Waals surface area contributed by atoms with Crippen molar-refractivity contribution in [1.82, 2.24) is 0 Å². The molecule has 3 rings (SSSR count). The predicted molar refractivity (Wildman–Crippen MR) is 88.2 cm³/mol. The predicted octanol–water partition coefficient (Wildman–Crippen LogP) is 5.94. The number of rotatable bonds is 2. The summed E-state index contributed by atoms with van der Waals surface area (Å²) in [4.78, 5) is 0. The van der Waals surface area contributed by atoms with Gasteiger partial charge in [0.1, 0.15) is 0 Å². The average Bonchev–Trinajstić information content (AvgIpc) is 2.47. The van der Waals surface area contributed by atoms with Gasteiger partial charge in [0.15, 0.2) is 0 Å². The van der Waals surface area contributed by atoms with Crippen molar-refractivity contribution < 1.29 is 0 Å². The second-order valence-electron chi connectivity index (χ2n) is 5.72. The van der Waals surface area contributed by atoms with E-state index in [0.29, 0.717) is 5.92 Å². The molecule has 3 aromatic rings. The van der Waals surface area contributed by atoms with Crippen LogP contribution in [0, 0.1) is 6.92 Å². The van der Waals surface area contributed by atoms with Gasteiger partial charge in [-0.25, -0.2) is 0 Å². The highest BCUT2D eigenvalue weighted by Crippen LogP contribution is 2.36. The summed E-state index contributed by atoms with van der Waals surface area (Å²) in [6.45, 7) is 6.73. The smallest absolute Gasteiger partial charge is 0.00732 e. The van der Waals surface area contributed by atoms with Gasteiger partial charge in [-0.3, -0.25) is 0 Å². The fourth-order valence-corrected chi connectivity index (χ4v) is 2.97. The Balaban J connectivity index is 2.38. The number of hydrogen-bond acceptors (Lipinski definition) is 0. The Morgan fingerprint density at radius 1 is 0.750 bits per heavy atom. The molecule has 0 heteroatoms.